The van der Waals surface area contributed by atoms with Gasteiger partial charge in [0.1, 0.15) is 0 Å². The van der Waals surface area contributed by atoms with Crippen LogP contribution in [0.2, 0.25) is 0 Å². The third kappa shape index (κ3) is 3.87. The molecule has 0 N–H and O–H groups in total. The molecule has 0 aliphatic heterocycles. The fraction of sp³-hybridized carbons (Fsp3) is 0.455. The van der Waals surface area contributed by atoms with Crippen molar-refractivity contribution in [1.82, 2.24) is 0 Å². The van der Waals surface area contributed by atoms with Crippen LogP contribution in [-0.4, -0.2) is 11.9 Å². The van der Waals surface area contributed by atoms with E-state index in [-0.39, 0.29) is 12.7 Å². The van der Waals surface area contributed by atoms with Crippen molar-refractivity contribution in [2.45, 2.75) is 19.3 Å². The van der Waals surface area contributed by atoms with E-state index >= 15 is 0 Å². The molecule has 0 bridgehead atoms. The zero-order chi connectivity index (χ0) is 12.8. The Bertz CT molecular complexity index is 358. The van der Waals surface area contributed by atoms with Gasteiger partial charge in [-0.15, -0.1) is 0 Å². The molecule has 96 valence electrons. The number of halogens is 5. The Kier molecular flexibility index (Phi) is 5.74. The van der Waals surface area contributed by atoms with Crippen molar-refractivity contribution in [3.63, 3.8) is 0 Å². The van der Waals surface area contributed by atoms with Crippen molar-refractivity contribution in [2.24, 2.45) is 0 Å². The van der Waals surface area contributed by atoms with E-state index in [0.717, 1.165) is 18.2 Å². The van der Waals surface area contributed by atoms with Gasteiger partial charge in [0.25, 0.3) is 0 Å². The molecule has 0 atom stereocenters. The predicted molar refractivity (Wildman–Crippen MR) is 59.4 cm³/mol. The summed E-state index contributed by atoms with van der Waals surface area (Å²) in [5.41, 5.74) is 0. The fourth-order valence-electron chi connectivity index (χ4n) is 1.23. The van der Waals surface area contributed by atoms with Crippen LogP contribution in [0.15, 0.2) is 6.07 Å². The van der Waals surface area contributed by atoms with Crippen molar-refractivity contribution in [2.75, 3.05) is 11.9 Å². The van der Waals surface area contributed by atoms with Gasteiger partial charge in [-0.2, -0.15) is 8.78 Å². The number of ether oxygens (including phenoxy) is 1. The van der Waals surface area contributed by atoms with E-state index in [1.807, 2.05) is 0 Å². The first kappa shape index (κ1) is 14.3. The monoisotopic (exact) mass is 314 g/mol. The van der Waals surface area contributed by atoms with E-state index < -0.39 is 29.0 Å². The molecule has 0 amide bonds. The second-order valence-electron chi connectivity index (χ2n) is 3.40. The highest BCUT2D eigenvalue weighted by Crippen LogP contribution is 2.26. The van der Waals surface area contributed by atoms with Gasteiger partial charge in [-0.1, -0.05) is 15.9 Å². The third-order valence-electron chi connectivity index (χ3n) is 2.10. The van der Waals surface area contributed by atoms with E-state index in [2.05, 4.69) is 15.9 Å². The molecule has 1 aromatic rings. The number of benzene rings is 1. The van der Waals surface area contributed by atoms with Crippen LogP contribution >= 0.6 is 15.9 Å². The number of alkyl halides is 1. The average Bonchev–Trinajstić information content (AvgIpc) is 2.30. The molecule has 0 aromatic heterocycles. The maximum absolute atomic E-state index is 13.1. The van der Waals surface area contributed by atoms with E-state index in [4.69, 9.17) is 4.74 Å². The van der Waals surface area contributed by atoms with Gasteiger partial charge in [-0.05, 0) is 19.3 Å². The summed E-state index contributed by atoms with van der Waals surface area (Å²) in [7, 11) is 0. The van der Waals surface area contributed by atoms with Crippen LogP contribution in [-0.2, 0) is 0 Å². The van der Waals surface area contributed by atoms with Crippen molar-refractivity contribution >= 4 is 15.9 Å². The smallest absolute Gasteiger partial charge is 0.203 e. The molecule has 0 saturated heterocycles. The first-order valence-electron chi connectivity index (χ1n) is 5.09. The van der Waals surface area contributed by atoms with E-state index in [0.29, 0.717) is 6.42 Å². The molecule has 1 nitrogen and oxygen atoms in total. The van der Waals surface area contributed by atoms with Gasteiger partial charge in [-0.3, -0.25) is 0 Å². The Morgan fingerprint density at radius 3 is 2.06 bits per heavy atom. The molecule has 1 aromatic carbocycles. The zero-order valence-corrected chi connectivity index (χ0v) is 10.5. The summed E-state index contributed by atoms with van der Waals surface area (Å²) in [6, 6.07) is 0.155. The van der Waals surface area contributed by atoms with Crippen molar-refractivity contribution in [3.05, 3.63) is 29.3 Å². The Balaban J connectivity index is 2.64. The highest BCUT2D eigenvalue weighted by atomic mass is 79.9. The summed E-state index contributed by atoms with van der Waals surface area (Å²) < 4.78 is 56.5. The lowest BCUT2D eigenvalue weighted by molar-refractivity contribution is 0.264. The number of rotatable bonds is 6. The Hall–Kier alpha value is -0.780. The minimum atomic E-state index is -1.50. The second-order valence-corrected chi connectivity index (χ2v) is 4.19. The first-order valence-corrected chi connectivity index (χ1v) is 6.21. The lowest BCUT2D eigenvalue weighted by Gasteiger charge is -2.09. The molecular formula is C11H11BrF4O. The third-order valence-corrected chi connectivity index (χ3v) is 2.66. The van der Waals surface area contributed by atoms with Gasteiger partial charge in [-0.25, -0.2) is 8.78 Å². The second kappa shape index (κ2) is 6.83. The van der Waals surface area contributed by atoms with Crippen molar-refractivity contribution in [1.29, 1.82) is 0 Å². The number of unbranched alkanes of at least 4 members (excludes halogenated alkanes) is 2. The quantitative estimate of drug-likeness (QED) is 0.331. The molecule has 17 heavy (non-hydrogen) atoms. The van der Waals surface area contributed by atoms with Crippen molar-refractivity contribution in [3.8, 4) is 5.75 Å². The molecule has 6 heteroatoms. The van der Waals surface area contributed by atoms with Crippen LogP contribution in [0.1, 0.15) is 19.3 Å². The Morgan fingerprint density at radius 2 is 1.53 bits per heavy atom. The normalized spacial score (nSPS) is 10.6. The maximum Gasteiger partial charge on any atom is 0.203 e. The standard InChI is InChI=1S/C11H11BrF4O/c12-4-2-1-3-5-17-11-9(15)7(13)6-8(14)10(11)16/h6H,1-5H2. The van der Waals surface area contributed by atoms with E-state index in [1.165, 1.54) is 0 Å². The van der Waals surface area contributed by atoms with Crippen LogP contribution in [0.5, 0.6) is 5.75 Å². The molecule has 0 fully saturated rings. The zero-order valence-electron chi connectivity index (χ0n) is 8.91. The predicted octanol–water partition coefficient (Wildman–Crippen LogP) is 4.19. The Labute approximate surface area is 105 Å². The van der Waals surface area contributed by atoms with E-state index in [1.54, 1.807) is 0 Å². The van der Waals surface area contributed by atoms with E-state index in [9.17, 15) is 17.6 Å². The molecule has 0 aliphatic rings. The van der Waals surface area contributed by atoms with Crippen LogP contribution < -0.4 is 4.74 Å². The van der Waals surface area contributed by atoms with Crippen LogP contribution in [0, 0.1) is 23.3 Å². The van der Waals surface area contributed by atoms with Gasteiger partial charge in [0, 0.05) is 11.4 Å². The fourth-order valence-corrected chi connectivity index (χ4v) is 1.62. The molecule has 0 heterocycles. The summed E-state index contributed by atoms with van der Waals surface area (Å²) in [5, 5.41) is 0.824. The molecule has 0 unspecified atom stereocenters. The molecule has 0 saturated carbocycles. The number of hydrogen-bond donors (Lipinski definition) is 0. The highest BCUT2D eigenvalue weighted by molar-refractivity contribution is 9.09. The van der Waals surface area contributed by atoms with Gasteiger partial charge in [0.15, 0.2) is 17.4 Å². The van der Waals surface area contributed by atoms with Crippen LogP contribution in [0.3, 0.4) is 0 Å². The highest BCUT2D eigenvalue weighted by Gasteiger charge is 2.20. The summed E-state index contributed by atoms with van der Waals surface area (Å²) in [5.74, 6) is -6.89. The topological polar surface area (TPSA) is 9.23 Å². The average molecular weight is 315 g/mol. The SMILES string of the molecule is Fc1cc(F)c(F)c(OCCCCCBr)c1F. The number of hydrogen-bond acceptors (Lipinski definition) is 1. The first-order chi connectivity index (χ1) is 8.07. The summed E-state index contributed by atoms with van der Waals surface area (Å²) in [4.78, 5) is 0. The summed E-state index contributed by atoms with van der Waals surface area (Å²) in [6.45, 7) is 0.0176. The van der Waals surface area contributed by atoms with Crippen LogP contribution in [0.4, 0.5) is 17.6 Å². The molecular weight excluding hydrogens is 304 g/mol. The van der Waals surface area contributed by atoms with Gasteiger partial charge in [0.2, 0.25) is 11.6 Å². The maximum atomic E-state index is 13.1. The van der Waals surface area contributed by atoms with Gasteiger partial charge >= 0.3 is 0 Å². The summed E-state index contributed by atoms with van der Waals surface area (Å²) in [6.07, 6.45) is 2.25. The minimum absolute atomic E-state index is 0.0176. The van der Waals surface area contributed by atoms with Crippen molar-refractivity contribution < 1.29 is 22.3 Å². The lowest BCUT2D eigenvalue weighted by Crippen LogP contribution is -2.05. The lowest BCUT2D eigenvalue weighted by atomic mass is 10.2. The largest absolute Gasteiger partial charge is 0.487 e. The molecule has 0 radical (unpaired) electrons. The van der Waals surface area contributed by atoms with Gasteiger partial charge < -0.3 is 4.74 Å². The van der Waals surface area contributed by atoms with Crippen LogP contribution in [0.25, 0.3) is 0 Å². The molecule has 1 rings (SSSR count). The van der Waals surface area contributed by atoms with Gasteiger partial charge in [0.05, 0.1) is 6.61 Å². The minimum Gasteiger partial charge on any atom is -0.487 e. The molecule has 0 spiro atoms. The Morgan fingerprint density at radius 1 is 0.941 bits per heavy atom. The summed E-state index contributed by atoms with van der Waals surface area (Å²) >= 11 is 3.23. The molecule has 0 aliphatic carbocycles.